The van der Waals surface area contributed by atoms with Gasteiger partial charge in [0, 0.05) is 31.4 Å². The molecule has 90 valence electrons. The van der Waals surface area contributed by atoms with Crippen molar-refractivity contribution in [2.75, 3.05) is 0 Å². The van der Waals surface area contributed by atoms with Gasteiger partial charge in [-0.3, -0.25) is 0 Å². The molecule has 3 unspecified atom stereocenters. The molecule has 1 fully saturated rings. The molecule has 1 aliphatic rings. The van der Waals surface area contributed by atoms with Crippen LogP contribution in [0.4, 0.5) is 0 Å². The Morgan fingerprint density at radius 1 is 1.50 bits per heavy atom. The molecule has 0 spiro atoms. The van der Waals surface area contributed by atoms with E-state index in [1.165, 1.54) is 12.8 Å². The highest BCUT2D eigenvalue weighted by atomic mass is 15.0. The number of hydrogen-bond donors (Lipinski definition) is 1. The Bertz CT molecular complexity index is 358. The average Bonchev–Trinajstić information content (AvgIpc) is 2.59. The standard InChI is InChI=1S/C13H23N3/c1-10-4-5-11(2)13(14,8-10)9-12-15-6-7-16(12)3/h6-7,10-11H,4-5,8-9,14H2,1-3H3. The first-order valence-electron chi connectivity index (χ1n) is 6.26. The summed E-state index contributed by atoms with van der Waals surface area (Å²) < 4.78 is 2.08. The molecule has 2 N–H and O–H groups in total. The average molecular weight is 221 g/mol. The lowest BCUT2D eigenvalue weighted by molar-refractivity contribution is 0.158. The number of imidazole rings is 1. The molecule has 3 atom stereocenters. The third-order valence-corrected chi connectivity index (χ3v) is 4.21. The van der Waals surface area contributed by atoms with Crippen molar-refractivity contribution >= 4 is 0 Å². The van der Waals surface area contributed by atoms with E-state index in [4.69, 9.17) is 5.73 Å². The van der Waals surface area contributed by atoms with Gasteiger partial charge < -0.3 is 10.3 Å². The summed E-state index contributed by atoms with van der Waals surface area (Å²) in [5.41, 5.74) is 6.54. The highest BCUT2D eigenvalue weighted by Gasteiger charge is 2.37. The minimum absolute atomic E-state index is 0.0588. The van der Waals surface area contributed by atoms with Crippen molar-refractivity contribution in [2.24, 2.45) is 24.6 Å². The van der Waals surface area contributed by atoms with Crippen LogP contribution in [0, 0.1) is 11.8 Å². The zero-order valence-electron chi connectivity index (χ0n) is 10.6. The predicted molar refractivity (Wildman–Crippen MR) is 66.0 cm³/mol. The molecule has 0 radical (unpaired) electrons. The number of nitrogens with two attached hydrogens (primary N) is 1. The number of aromatic nitrogens is 2. The first-order valence-corrected chi connectivity index (χ1v) is 6.26. The van der Waals surface area contributed by atoms with Gasteiger partial charge in [-0.05, 0) is 24.7 Å². The lowest BCUT2D eigenvalue weighted by Gasteiger charge is -2.42. The van der Waals surface area contributed by atoms with Crippen molar-refractivity contribution in [1.29, 1.82) is 0 Å². The summed E-state index contributed by atoms with van der Waals surface area (Å²) in [6.45, 7) is 4.60. The van der Waals surface area contributed by atoms with Crippen LogP contribution in [-0.2, 0) is 13.5 Å². The van der Waals surface area contributed by atoms with Crippen LogP contribution in [0.15, 0.2) is 12.4 Å². The van der Waals surface area contributed by atoms with E-state index in [2.05, 4.69) is 23.4 Å². The molecule has 16 heavy (non-hydrogen) atoms. The van der Waals surface area contributed by atoms with Crippen LogP contribution >= 0.6 is 0 Å². The summed E-state index contributed by atoms with van der Waals surface area (Å²) in [5, 5.41) is 0. The van der Waals surface area contributed by atoms with Crippen LogP contribution in [0.3, 0.4) is 0 Å². The van der Waals surface area contributed by atoms with Crippen LogP contribution in [0.25, 0.3) is 0 Å². The topological polar surface area (TPSA) is 43.8 Å². The number of aryl methyl sites for hydroxylation is 1. The van der Waals surface area contributed by atoms with Crippen LogP contribution in [0.5, 0.6) is 0 Å². The van der Waals surface area contributed by atoms with Crippen molar-refractivity contribution in [2.45, 2.75) is 45.1 Å². The number of hydrogen-bond acceptors (Lipinski definition) is 2. The Balaban J connectivity index is 2.14. The summed E-state index contributed by atoms with van der Waals surface area (Å²) in [4.78, 5) is 4.40. The van der Waals surface area contributed by atoms with Crippen molar-refractivity contribution in [3.8, 4) is 0 Å². The largest absolute Gasteiger partial charge is 0.338 e. The third-order valence-electron chi connectivity index (χ3n) is 4.21. The zero-order valence-corrected chi connectivity index (χ0v) is 10.6. The fraction of sp³-hybridized carbons (Fsp3) is 0.769. The fourth-order valence-corrected chi connectivity index (χ4v) is 2.88. The fourth-order valence-electron chi connectivity index (χ4n) is 2.88. The van der Waals surface area contributed by atoms with Crippen LogP contribution in [0.1, 0.15) is 38.9 Å². The molecule has 0 aliphatic heterocycles. The smallest absolute Gasteiger partial charge is 0.110 e. The van der Waals surface area contributed by atoms with Gasteiger partial charge in [0.1, 0.15) is 5.82 Å². The lowest BCUT2D eigenvalue weighted by atomic mass is 9.68. The van der Waals surface area contributed by atoms with Gasteiger partial charge in [0.15, 0.2) is 0 Å². The van der Waals surface area contributed by atoms with Gasteiger partial charge in [-0.1, -0.05) is 20.3 Å². The van der Waals surface area contributed by atoms with Crippen LogP contribution < -0.4 is 5.73 Å². The molecule has 0 bridgehead atoms. The zero-order chi connectivity index (χ0) is 11.8. The van der Waals surface area contributed by atoms with E-state index in [9.17, 15) is 0 Å². The van der Waals surface area contributed by atoms with Gasteiger partial charge >= 0.3 is 0 Å². The van der Waals surface area contributed by atoms with Gasteiger partial charge in [-0.15, -0.1) is 0 Å². The first kappa shape index (κ1) is 11.6. The summed E-state index contributed by atoms with van der Waals surface area (Å²) >= 11 is 0. The Morgan fingerprint density at radius 3 is 2.88 bits per heavy atom. The molecule has 3 nitrogen and oxygen atoms in total. The molecule has 2 rings (SSSR count). The van der Waals surface area contributed by atoms with Gasteiger partial charge in [-0.2, -0.15) is 0 Å². The molecular formula is C13H23N3. The summed E-state index contributed by atoms with van der Waals surface area (Å²) in [5.74, 6) is 2.46. The second-order valence-electron chi connectivity index (χ2n) is 5.65. The van der Waals surface area contributed by atoms with E-state index in [-0.39, 0.29) is 5.54 Å². The maximum Gasteiger partial charge on any atom is 0.110 e. The lowest BCUT2D eigenvalue weighted by Crippen LogP contribution is -2.52. The molecule has 1 heterocycles. The maximum atomic E-state index is 6.60. The Morgan fingerprint density at radius 2 is 2.25 bits per heavy atom. The van der Waals surface area contributed by atoms with Gasteiger partial charge in [0.25, 0.3) is 0 Å². The van der Waals surface area contributed by atoms with E-state index >= 15 is 0 Å². The predicted octanol–water partition coefficient (Wildman–Crippen LogP) is 2.12. The van der Waals surface area contributed by atoms with Crippen LogP contribution in [0.2, 0.25) is 0 Å². The molecule has 1 aromatic rings. The summed E-state index contributed by atoms with van der Waals surface area (Å²) in [7, 11) is 2.04. The maximum absolute atomic E-state index is 6.60. The quantitative estimate of drug-likeness (QED) is 0.831. The van der Waals surface area contributed by atoms with Crippen molar-refractivity contribution in [3.05, 3.63) is 18.2 Å². The Kier molecular flexibility index (Phi) is 3.06. The highest BCUT2D eigenvalue weighted by Crippen LogP contribution is 2.36. The SMILES string of the molecule is CC1CCC(C)C(N)(Cc2nccn2C)C1. The third kappa shape index (κ3) is 2.14. The Labute approximate surface area is 98.1 Å². The molecule has 1 aromatic heterocycles. The van der Waals surface area contributed by atoms with Crippen molar-refractivity contribution < 1.29 is 0 Å². The van der Waals surface area contributed by atoms with E-state index in [0.717, 1.165) is 24.6 Å². The van der Waals surface area contributed by atoms with E-state index in [0.29, 0.717) is 5.92 Å². The highest BCUT2D eigenvalue weighted by molar-refractivity contribution is 5.04. The monoisotopic (exact) mass is 221 g/mol. The molecule has 0 amide bonds. The number of nitrogens with zero attached hydrogens (tertiary/aromatic N) is 2. The van der Waals surface area contributed by atoms with Crippen molar-refractivity contribution in [1.82, 2.24) is 9.55 Å². The second kappa shape index (κ2) is 4.21. The minimum Gasteiger partial charge on any atom is -0.338 e. The number of rotatable bonds is 2. The van der Waals surface area contributed by atoms with Gasteiger partial charge in [0.05, 0.1) is 0 Å². The molecule has 1 aliphatic carbocycles. The molecule has 0 saturated heterocycles. The normalized spacial score (nSPS) is 35.2. The van der Waals surface area contributed by atoms with Crippen LogP contribution in [-0.4, -0.2) is 15.1 Å². The minimum atomic E-state index is -0.0588. The van der Waals surface area contributed by atoms with E-state index < -0.39 is 0 Å². The van der Waals surface area contributed by atoms with Gasteiger partial charge in [0.2, 0.25) is 0 Å². The molecule has 3 heteroatoms. The van der Waals surface area contributed by atoms with Gasteiger partial charge in [-0.25, -0.2) is 4.98 Å². The first-order chi connectivity index (χ1) is 7.51. The molecule has 0 aromatic carbocycles. The van der Waals surface area contributed by atoms with E-state index in [1.54, 1.807) is 0 Å². The van der Waals surface area contributed by atoms with Crippen molar-refractivity contribution in [3.63, 3.8) is 0 Å². The second-order valence-corrected chi connectivity index (χ2v) is 5.65. The molecular weight excluding hydrogens is 198 g/mol. The Hall–Kier alpha value is -0.830. The molecule has 1 saturated carbocycles. The summed E-state index contributed by atoms with van der Waals surface area (Å²) in [6, 6.07) is 0. The van der Waals surface area contributed by atoms with E-state index in [1.807, 2.05) is 19.4 Å². The summed E-state index contributed by atoms with van der Waals surface area (Å²) in [6.07, 6.45) is 8.46.